The minimum atomic E-state index is -0.923. The van der Waals surface area contributed by atoms with Crippen LogP contribution in [0.3, 0.4) is 0 Å². The predicted molar refractivity (Wildman–Crippen MR) is 84.1 cm³/mol. The third-order valence-electron chi connectivity index (χ3n) is 4.11. The van der Waals surface area contributed by atoms with E-state index >= 15 is 0 Å². The van der Waals surface area contributed by atoms with Gasteiger partial charge in [-0.05, 0) is 47.7 Å². The van der Waals surface area contributed by atoms with Crippen molar-refractivity contribution in [1.82, 2.24) is 0 Å². The van der Waals surface area contributed by atoms with Gasteiger partial charge in [-0.15, -0.1) is 0 Å². The first kappa shape index (κ1) is 14.3. The van der Waals surface area contributed by atoms with Crippen LogP contribution < -0.4 is 4.90 Å². The molecule has 0 aliphatic carbocycles. The fraction of sp³-hybridized carbons (Fsp3) is 0.222. The molecule has 22 heavy (non-hydrogen) atoms. The summed E-state index contributed by atoms with van der Waals surface area (Å²) in [5.74, 6) is -0.934. The quantitative estimate of drug-likeness (QED) is 0.879. The zero-order chi connectivity index (χ0) is 15.7. The molecule has 1 aliphatic rings. The SMILES string of the molecule is CC(=O)N1Cc2ccc(C(=O)O)cc2CCc2ccccc21. The van der Waals surface area contributed by atoms with Crippen molar-refractivity contribution in [3.63, 3.8) is 0 Å². The lowest BCUT2D eigenvalue weighted by Crippen LogP contribution is -2.30. The van der Waals surface area contributed by atoms with Gasteiger partial charge in [0.25, 0.3) is 0 Å². The van der Waals surface area contributed by atoms with Gasteiger partial charge in [0, 0.05) is 12.6 Å². The molecule has 1 heterocycles. The molecule has 1 aliphatic heterocycles. The van der Waals surface area contributed by atoms with E-state index in [-0.39, 0.29) is 5.91 Å². The number of carbonyl (C=O) groups excluding carboxylic acids is 1. The van der Waals surface area contributed by atoms with Crippen LogP contribution in [0.5, 0.6) is 0 Å². The maximum atomic E-state index is 12.0. The fourth-order valence-corrected chi connectivity index (χ4v) is 2.94. The first-order valence-electron chi connectivity index (χ1n) is 7.27. The Morgan fingerprint density at radius 2 is 1.73 bits per heavy atom. The number of hydrogen-bond acceptors (Lipinski definition) is 2. The monoisotopic (exact) mass is 295 g/mol. The van der Waals surface area contributed by atoms with Crippen LogP contribution in [0.1, 0.15) is 34.0 Å². The molecule has 0 atom stereocenters. The molecule has 2 aromatic carbocycles. The maximum absolute atomic E-state index is 12.0. The minimum Gasteiger partial charge on any atom is -0.478 e. The average Bonchev–Trinajstić information content (AvgIpc) is 2.48. The largest absolute Gasteiger partial charge is 0.478 e. The van der Waals surface area contributed by atoms with E-state index in [0.717, 1.165) is 35.2 Å². The molecule has 0 aromatic heterocycles. The van der Waals surface area contributed by atoms with Gasteiger partial charge in [-0.25, -0.2) is 4.79 Å². The number of anilines is 1. The number of aromatic carboxylic acids is 1. The second-order valence-electron chi connectivity index (χ2n) is 5.52. The summed E-state index contributed by atoms with van der Waals surface area (Å²) in [6.45, 7) is 2.03. The van der Waals surface area contributed by atoms with Crippen molar-refractivity contribution < 1.29 is 14.7 Å². The van der Waals surface area contributed by atoms with Crippen molar-refractivity contribution in [3.8, 4) is 0 Å². The number of carboxylic acids is 1. The third-order valence-corrected chi connectivity index (χ3v) is 4.11. The molecular formula is C18H17NO3. The van der Waals surface area contributed by atoms with Crippen LogP contribution in [0, 0.1) is 0 Å². The molecule has 0 spiro atoms. The Labute approximate surface area is 129 Å². The van der Waals surface area contributed by atoms with Crippen molar-refractivity contribution in [3.05, 3.63) is 64.7 Å². The number of amides is 1. The molecule has 3 rings (SSSR count). The molecule has 4 nitrogen and oxygen atoms in total. The van der Waals surface area contributed by atoms with E-state index in [1.807, 2.05) is 30.3 Å². The van der Waals surface area contributed by atoms with E-state index in [2.05, 4.69) is 0 Å². The van der Waals surface area contributed by atoms with Gasteiger partial charge in [0.2, 0.25) is 5.91 Å². The number of hydrogen-bond donors (Lipinski definition) is 1. The highest BCUT2D eigenvalue weighted by Crippen LogP contribution is 2.28. The first-order valence-corrected chi connectivity index (χ1v) is 7.27. The Kier molecular flexibility index (Phi) is 3.67. The molecule has 4 heteroatoms. The standard InChI is InChI=1S/C18H17NO3/c1-12(20)19-11-16-9-8-15(18(21)22)10-14(16)7-6-13-4-2-3-5-17(13)19/h2-5,8-10H,6-7,11H2,1H3,(H,21,22). The topological polar surface area (TPSA) is 57.6 Å². The molecule has 112 valence electrons. The normalized spacial score (nSPS) is 13.6. The van der Waals surface area contributed by atoms with E-state index in [9.17, 15) is 9.59 Å². The van der Waals surface area contributed by atoms with Gasteiger partial charge in [0.15, 0.2) is 0 Å². The molecule has 2 aromatic rings. The van der Waals surface area contributed by atoms with Crippen molar-refractivity contribution in [2.45, 2.75) is 26.3 Å². The van der Waals surface area contributed by atoms with E-state index in [4.69, 9.17) is 5.11 Å². The molecule has 0 saturated carbocycles. The van der Waals surface area contributed by atoms with Gasteiger partial charge < -0.3 is 10.0 Å². The number of carbonyl (C=O) groups is 2. The van der Waals surface area contributed by atoms with Crippen LogP contribution in [0.2, 0.25) is 0 Å². The average molecular weight is 295 g/mol. The number of para-hydroxylation sites is 1. The highest BCUT2D eigenvalue weighted by atomic mass is 16.4. The fourth-order valence-electron chi connectivity index (χ4n) is 2.94. The Balaban J connectivity index is 2.07. The summed E-state index contributed by atoms with van der Waals surface area (Å²) in [7, 11) is 0. The van der Waals surface area contributed by atoms with Gasteiger partial charge in [-0.2, -0.15) is 0 Å². The molecular weight excluding hydrogens is 278 g/mol. The molecule has 0 unspecified atom stereocenters. The lowest BCUT2D eigenvalue weighted by Gasteiger charge is -2.28. The summed E-state index contributed by atoms with van der Waals surface area (Å²) < 4.78 is 0. The molecule has 1 N–H and O–H groups in total. The molecule has 0 fully saturated rings. The highest BCUT2D eigenvalue weighted by molar-refractivity contribution is 5.92. The molecule has 0 radical (unpaired) electrons. The first-order chi connectivity index (χ1) is 10.6. The lowest BCUT2D eigenvalue weighted by atomic mass is 9.94. The summed E-state index contributed by atoms with van der Waals surface area (Å²) in [4.78, 5) is 24.9. The minimum absolute atomic E-state index is 0.0115. The van der Waals surface area contributed by atoms with Crippen molar-refractivity contribution in [2.24, 2.45) is 0 Å². The van der Waals surface area contributed by atoms with Crippen LogP contribution in [0.25, 0.3) is 0 Å². The van der Waals surface area contributed by atoms with Crippen LogP contribution in [-0.2, 0) is 24.2 Å². The number of rotatable bonds is 1. The van der Waals surface area contributed by atoms with Crippen LogP contribution in [0.4, 0.5) is 5.69 Å². The Bertz CT molecular complexity index is 752. The predicted octanol–water partition coefficient (Wildman–Crippen LogP) is 3.04. The van der Waals surface area contributed by atoms with E-state index in [0.29, 0.717) is 12.1 Å². The Morgan fingerprint density at radius 3 is 2.45 bits per heavy atom. The third kappa shape index (κ3) is 2.60. The lowest BCUT2D eigenvalue weighted by molar-refractivity contribution is -0.116. The second-order valence-corrected chi connectivity index (χ2v) is 5.52. The van der Waals surface area contributed by atoms with Crippen molar-refractivity contribution >= 4 is 17.6 Å². The summed E-state index contributed by atoms with van der Waals surface area (Å²) >= 11 is 0. The number of fused-ring (bicyclic) bond motifs is 2. The van der Waals surface area contributed by atoms with Gasteiger partial charge in [0.05, 0.1) is 12.1 Å². The summed E-state index contributed by atoms with van der Waals surface area (Å²) in [5.41, 5.74) is 4.37. The van der Waals surface area contributed by atoms with Gasteiger partial charge in [0.1, 0.15) is 0 Å². The van der Waals surface area contributed by atoms with Gasteiger partial charge in [-0.1, -0.05) is 24.3 Å². The number of aryl methyl sites for hydroxylation is 2. The van der Waals surface area contributed by atoms with E-state index in [1.54, 1.807) is 24.0 Å². The molecule has 0 saturated heterocycles. The molecule has 1 amide bonds. The smallest absolute Gasteiger partial charge is 0.335 e. The van der Waals surface area contributed by atoms with Crippen molar-refractivity contribution in [1.29, 1.82) is 0 Å². The molecule has 0 bridgehead atoms. The van der Waals surface area contributed by atoms with E-state index in [1.165, 1.54) is 0 Å². The maximum Gasteiger partial charge on any atom is 0.335 e. The van der Waals surface area contributed by atoms with Crippen molar-refractivity contribution in [2.75, 3.05) is 4.90 Å². The summed E-state index contributed by atoms with van der Waals surface area (Å²) in [5, 5.41) is 9.15. The zero-order valence-electron chi connectivity index (χ0n) is 12.4. The Hall–Kier alpha value is -2.62. The zero-order valence-corrected chi connectivity index (χ0v) is 12.4. The highest BCUT2D eigenvalue weighted by Gasteiger charge is 2.20. The van der Waals surface area contributed by atoms with Crippen LogP contribution >= 0.6 is 0 Å². The summed E-state index contributed by atoms with van der Waals surface area (Å²) in [6, 6.07) is 13.0. The number of benzene rings is 2. The Morgan fingerprint density at radius 1 is 1.00 bits per heavy atom. The number of carboxylic acid groups (broad SMARTS) is 1. The van der Waals surface area contributed by atoms with E-state index < -0.39 is 5.97 Å². The van der Waals surface area contributed by atoms with Crippen LogP contribution in [0.15, 0.2) is 42.5 Å². The second kappa shape index (κ2) is 5.64. The van der Waals surface area contributed by atoms with Gasteiger partial charge in [-0.3, -0.25) is 4.79 Å². The summed E-state index contributed by atoms with van der Waals surface area (Å²) in [6.07, 6.45) is 1.56. The van der Waals surface area contributed by atoms with Gasteiger partial charge >= 0.3 is 5.97 Å². The number of nitrogens with zero attached hydrogens (tertiary/aromatic N) is 1. The van der Waals surface area contributed by atoms with Crippen LogP contribution in [-0.4, -0.2) is 17.0 Å².